The van der Waals surface area contributed by atoms with Crippen LogP contribution in [0.5, 0.6) is 0 Å². The van der Waals surface area contributed by atoms with Crippen molar-refractivity contribution in [1.29, 1.82) is 0 Å². The second-order valence-electron chi connectivity index (χ2n) is 2.93. The highest BCUT2D eigenvalue weighted by Crippen LogP contribution is 2.12. The second-order valence-corrected chi connectivity index (χ2v) is 2.93. The van der Waals surface area contributed by atoms with Crippen LogP contribution in [0.15, 0.2) is 36.4 Å². The molecular weight excluding hydrogens is 160 g/mol. The molecule has 0 N–H and O–H groups in total. The van der Waals surface area contributed by atoms with Crippen molar-refractivity contribution in [3.05, 3.63) is 42.0 Å². The normalized spacial score (nSPS) is 11.3. The standard InChI is InChI=1S/C12H14O/c1-2-3-7-12(10-13)11-8-5-4-6-9-11/h4-10H,2-3H2,1H3/b12-7-. The first-order valence-electron chi connectivity index (χ1n) is 4.59. The van der Waals surface area contributed by atoms with Crippen molar-refractivity contribution in [2.75, 3.05) is 0 Å². The Bertz CT molecular complexity index is 285. The molecule has 68 valence electrons. The van der Waals surface area contributed by atoms with Gasteiger partial charge in [-0.3, -0.25) is 4.79 Å². The van der Waals surface area contributed by atoms with Crippen molar-refractivity contribution in [2.24, 2.45) is 0 Å². The van der Waals surface area contributed by atoms with Crippen LogP contribution in [0.3, 0.4) is 0 Å². The van der Waals surface area contributed by atoms with E-state index in [9.17, 15) is 4.79 Å². The molecular formula is C12H14O. The van der Waals surface area contributed by atoms with E-state index < -0.39 is 0 Å². The predicted octanol–water partition coefficient (Wildman–Crippen LogP) is 3.07. The number of hydrogen-bond donors (Lipinski definition) is 0. The molecule has 0 fully saturated rings. The zero-order valence-electron chi connectivity index (χ0n) is 7.86. The molecule has 1 rings (SSSR count). The minimum Gasteiger partial charge on any atom is -0.298 e. The van der Waals surface area contributed by atoms with Crippen LogP contribution < -0.4 is 0 Å². The fraction of sp³-hybridized carbons (Fsp3) is 0.250. The second kappa shape index (κ2) is 5.31. The molecule has 13 heavy (non-hydrogen) atoms. The lowest BCUT2D eigenvalue weighted by Crippen LogP contribution is -1.84. The van der Waals surface area contributed by atoms with E-state index in [-0.39, 0.29) is 0 Å². The van der Waals surface area contributed by atoms with E-state index in [2.05, 4.69) is 6.92 Å². The lowest BCUT2D eigenvalue weighted by molar-refractivity contribution is -0.103. The summed E-state index contributed by atoms with van der Waals surface area (Å²) in [5.74, 6) is 0. The van der Waals surface area contributed by atoms with Gasteiger partial charge in [0.1, 0.15) is 6.29 Å². The van der Waals surface area contributed by atoms with Gasteiger partial charge in [0.15, 0.2) is 0 Å². The molecule has 0 aliphatic carbocycles. The summed E-state index contributed by atoms with van der Waals surface area (Å²) >= 11 is 0. The van der Waals surface area contributed by atoms with Crippen molar-refractivity contribution >= 4 is 11.9 Å². The first kappa shape index (κ1) is 9.72. The highest BCUT2D eigenvalue weighted by atomic mass is 16.1. The lowest BCUT2D eigenvalue weighted by atomic mass is 10.1. The Morgan fingerprint density at radius 3 is 2.54 bits per heavy atom. The maximum Gasteiger partial charge on any atom is 0.150 e. The van der Waals surface area contributed by atoms with Crippen LogP contribution in [0.4, 0.5) is 0 Å². The number of allylic oxidation sites excluding steroid dienone is 2. The van der Waals surface area contributed by atoms with Crippen molar-refractivity contribution in [3.63, 3.8) is 0 Å². The number of carbonyl (C=O) groups excluding carboxylic acids is 1. The fourth-order valence-electron chi connectivity index (χ4n) is 1.16. The molecule has 0 spiro atoms. The average Bonchev–Trinajstić information content (AvgIpc) is 2.21. The van der Waals surface area contributed by atoms with Crippen LogP contribution in [-0.2, 0) is 4.79 Å². The zero-order valence-corrected chi connectivity index (χ0v) is 7.86. The van der Waals surface area contributed by atoms with Crippen LogP contribution in [0, 0.1) is 0 Å². The van der Waals surface area contributed by atoms with Crippen LogP contribution in [0.2, 0.25) is 0 Å². The molecule has 1 aromatic rings. The maximum absolute atomic E-state index is 10.7. The summed E-state index contributed by atoms with van der Waals surface area (Å²) in [6, 6.07) is 9.74. The number of unbranched alkanes of at least 4 members (excludes halogenated alkanes) is 1. The molecule has 0 heterocycles. The molecule has 0 amide bonds. The predicted molar refractivity (Wildman–Crippen MR) is 55.4 cm³/mol. The van der Waals surface area contributed by atoms with Gasteiger partial charge in [-0.05, 0) is 12.0 Å². The third-order valence-electron chi connectivity index (χ3n) is 1.89. The summed E-state index contributed by atoms with van der Waals surface area (Å²) in [5, 5.41) is 0. The lowest BCUT2D eigenvalue weighted by Gasteiger charge is -1.98. The third kappa shape index (κ3) is 2.86. The Kier molecular flexibility index (Phi) is 3.97. The van der Waals surface area contributed by atoms with Crippen LogP contribution in [-0.4, -0.2) is 6.29 Å². The molecule has 0 bridgehead atoms. The number of aldehydes is 1. The van der Waals surface area contributed by atoms with Gasteiger partial charge in [0.05, 0.1) is 0 Å². The first-order valence-corrected chi connectivity index (χ1v) is 4.59. The number of carbonyl (C=O) groups is 1. The van der Waals surface area contributed by atoms with E-state index in [1.807, 2.05) is 36.4 Å². The smallest absolute Gasteiger partial charge is 0.150 e. The van der Waals surface area contributed by atoms with E-state index in [1.165, 1.54) is 0 Å². The van der Waals surface area contributed by atoms with E-state index in [0.717, 1.165) is 30.3 Å². The summed E-state index contributed by atoms with van der Waals surface area (Å²) < 4.78 is 0. The minimum atomic E-state index is 0.794. The monoisotopic (exact) mass is 174 g/mol. The Morgan fingerprint density at radius 2 is 2.00 bits per heavy atom. The van der Waals surface area contributed by atoms with Crippen molar-refractivity contribution in [2.45, 2.75) is 19.8 Å². The van der Waals surface area contributed by atoms with Gasteiger partial charge in [-0.2, -0.15) is 0 Å². The van der Waals surface area contributed by atoms with Crippen LogP contribution in [0.1, 0.15) is 25.3 Å². The van der Waals surface area contributed by atoms with Gasteiger partial charge in [0.25, 0.3) is 0 Å². The number of hydrogen-bond acceptors (Lipinski definition) is 1. The van der Waals surface area contributed by atoms with E-state index in [1.54, 1.807) is 0 Å². The molecule has 0 saturated heterocycles. The third-order valence-corrected chi connectivity index (χ3v) is 1.89. The molecule has 0 saturated carbocycles. The Hall–Kier alpha value is -1.37. The summed E-state index contributed by atoms with van der Waals surface area (Å²) in [4.78, 5) is 10.7. The van der Waals surface area contributed by atoms with E-state index in [0.29, 0.717) is 0 Å². The van der Waals surface area contributed by atoms with E-state index >= 15 is 0 Å². The van der Waals surface area contributed by atoms with Crippen molar-refractivity contribution in [3.8, 4) is 0 Å². The van der Waals surface area contributed by atoms with Gasteiger partial charge in [-0.15, -0.1) is 0 Å². The molecule has 0 aliphatic rings. The summed E-state index contributed by atoms with van der Waals surface area (Å²) in [5.41, 5.74) is 1.80. The highest BCUT2D eigenvalue weighted by Gasteiger charge is 1.96. The number of rotatable bonds is 4. The van der Waals surface area contributed by atoms with Gasteiger partial charge in [-0.1, -0.05) is 49.8 Å². The van der Waals surface area contributed by atoms with Crippen molar-refractivity contribution in [1.82, 2.24) is 0 Å². The first-order chi connectivity index (χ1) is 6.38. The largest absolute Gasteiger partial charge is 0.298 e. The fourth-order valence-corrected chi connectivity index (χ4v) is 1.16. The minimum absolute atomic E-state index is 0.794. The summed E-state index contributed by atoms with van der Waals surface area (Å²) in [6.07, 6.45) is 4.94. The molecule has 0 atom stereocenters. The average molecular weight is 174 g/mol. The molecule has 0 radical (unpaired) electrons. The Balaban J connectivity index is 2.84. The van der Waals surface area contributed by atoms with Crippen LogP contribution in [0.25, 0.3) is 5.57 Å². The quantitative estimate of drug-likeness (QED) is 0.506. The Labute approximate surface area is 79.1 Å². The van der Waals surface area contributed by atoms with Gasteiger partial charge in [-0.25, -0.2) is 0 Å². The Morgan fingerprint density at radius 1 is 1.31 bits per heavy atom. The summed E-state index contributed by atoms with van der Waals surface area (Å²) in [6.45, 7) is 2.10. The van der Waals surface area contributed by atoms with Gasteiger partial charge in [0, 0.05) is 5.57 Å². The van der Waals surface area contributed by atoms with Crippen molar-refractivity contribution < 1.29 is 4.79 Å². The van der Waals surface area contributed by atoms with Gasteiger partial charge >= 0.3 is 0 Å². The molecule has 0 unspecified atom stereocenters. The molecule has 0 aliphatic heterocycles. The molecule has 1 heteroatoms. The van der Waals surface area contributed by atoms with Gasteiger partial charge in [0.2, 0.25) is 0 Å². The number of benzene rings is 1. The SMILES string of the molecule is CCC/C=C(/C=O)c1ccccc1. The summed E-state index contributed by atoms with van der Waals surface area (Å²) in [7, 11) is 0. The molecule has 0 aromatic heterocycles. The van der Waals surface area contributed by atoms with E-state index in [4.69, 9.17) is 0 Å². The van der Waals surface area contributed by atoms with Gasteiger partial charge < -0.3 is 0 Å². The zero-order chi connectivity index (χ0) is 9.52. The molecule has 1 nitrogen and oxygen atoms in total. The molecule has 1 aromatic carbocycles. The maximum atomic E-state index is 10.7. The highest BCUT2D eigenvalue weighted by molar-refractivity contribution is 6.06. The van der Waals surface area contributed by atoms with Crippen LogP contribution >= 0.6 is 0 Å². The topological polar surface area (TPSA) is 17.1 Å².